The van der Waals surface area contributed by atoms with Crippen LogP contribution in [0.25, 0.3) is 0 Å². The molecule has 1 saturated carbocycles. The first-order chi connectivity index (χ1) is 12.3. The van der Waals surface area contributed by atoms with E-state index >= 15 is 0 Å². The summed E-state index contributed by atoms with van der Waals surface area (Å²) in [6.07, 6.45) is 5.41. The third-order valence-corrected chi connectivity index (χ3v) is 4.90. The molecule has 8 heteroatoms. The Bertz CT molecular complexity index is 731. The van der Waals surface area contributed by atoms with Crippen molar-refractivity contribution in [1.29, 1.82) is 0 Å². The average molecular weight is 398 g/mol. The van der Waals surface area contributed by atoms with Gasteiger partial charge in [0.1, 0.15) is 0 Å². The molecule has 6 nitrogen and oxygen atoms in total. The summed E-state index contributed by atoms with van der Waals surface area (Å²) in [6.45, 7) is 4.12. The van der Waals surface area contributed by atoms with Gasteiger partial charge in [-0.15, -0.1) is 0 Å². The van der Waals surface area contributed by atoms with Crippen molar-refractivity contribution in [1.82, 2.24) is 10.6 Å². The van der Waals surface area contributed by atoms with Crippen molar-refractivity contribution < 1.29 is 13.2 Å². The lowest BCUT2D eigenvalue weighted by Gasteiger charge is -2.05. The summed E-state index contributed by atoms with van der Waals surface area (Å²) < 4.78 is 24.2. The Kier molecular flexibility index (Phi) is 9.43. The molecule has 1 aromatic carbocycles. The van der Waals surface area contributed by atoms with Gasteiger partial charge < -0.3 is 10.6 Å². The van der Waals surface area contributed by atoms with Crippen molar-refractivity contribution in [3.05, 3.63) is 35.4 Å². The highest BCUT2D eigenvalue weighted by atomic mass is 32.2. The van der Waals surface area contributed by atoms with Gasteiger partial charge in [0, 0.05) is 7.05 Å². The number of nitrogens with zero attached hydrogens (tertiary/aromatic N) is 1. The molecule has 0 radical (unpaired) electrons. The van der Waals surface area contributed by atoms with Crippen molar-refractivity contribution in [2.45, 2.75) is 57.9 Å². The summed E-state index contributed by atoms with van der Waals surface area (Å²) in [5, 5.41) is 5.62. The van der Waals surface area contributed by atoms with Crippen molar-refractivity contribution in [2.24, 2.45) is 4.36 Å². The molecule has 144 valence electrons. The lowest BCUT2D eigenvalue weighted by molar-refractivity contribution is -0.119. The second-order valence-corrected chi connectivity index (χ2v) is 7.45. The highest BCUT2D eigenvalue weighted by Gasteiger charge is 2.42. The van der Waals surface area contributed by atoms with E-state index in [-0.39, 0.29) is 11.4 Å². The molecule has 26 heavy (non-hydrogen) atoms. The van der Waals surface area contributed by atoms with Crippen LogP contribution in [-0.2, 0) is 21.7 Å². The quantitative estimate of drug-likeness (QED) is 0.721. The zero-order valence-electron chi connectivity index (χ0n) is 15.5. The molecule has 0 atom stereocenters. The van der Waals surface area contributed by atoms with E-state index < -0.39 is 10.5 Å². The predicted molar refractivity (Wildman–Crippen MR) is 108 cm³/mol. The standard InChI is InChI=1S/C11H14N2OS.C7H13NO2S/c1-8-3-5-9(6-4-8)7-10(14)13-11(15)12-2;1-2-3-4-7(5-6-7)8-11(9)10/h3-6H,7H2,1-2H3,(H2,12,13,14,15);2-6H2,1H3. The van der Waals surface area contributed by atoms with Crippen LogP contribution in [0.5, 0.6) is 0 Å². The number of benzene rings is 1. The van der Waals surface area contributed by atoms with Gasteiger partial charge in [-0.1, -0.05) is 49.6 Å². The molecule has 1 aromatic rings. The Balaban J connectivity index is 0.000000273. The van der Waals surface area contributed by atoms with Crippen molar-refractivity contribution in [2.75, 3.05) is 7.05 Å². The second-order valence-electron chi connectivity index (χ2n) is 6.43. The highest BCUT2D eigenvalue weighted by Crippen LogP contribution is 2.43. The number of aryl methyl sites for hydroxylation is 1. The van der Waals surface area contributed by atoms with E-state index in [1.54, 1.807) is 7.05 Å². The normalized spacial score (nSPS) is 13.7. The molecular formula is C18H27N3O3S2. The first-order valence-electron chi connectivity index (χ1n) is 8.69. The molecule has 0 heterocycles. The zero-order valence-corrected chi connectivity index (χ0v) is 17.2. The Morgan fingerprint density at radius 1 is 1.27 bits per heavy atom. The Hall–Kier alpha value is -1.80. The maximum atomic E-state index is 11.4. The number of thiocarbonyl (C=S) groups is 1. The van der Waals surface area contributed by atoms with E-state index in [2.05, 4.69) is 21.9 Å². The largest absolute Gasteiger partial charge is 0.365 e. The number of hydrogen-bond acceptors (Lipinski definition) is 5. The first kappa shape index (κ1) is 22.2. The van der Waals surface area contributed by atoms with Crippen LogP contribution in [0, 0.1) is 6.92 Å². The molecule has 1 aliphatic carbocycles. The molecule has 0 aromatic heterocycles. The van der Waals surface area contributed by atoms with Gasteiger partial charge in [-0.3, -0.25) is 4.79 Å². The molecule has 2 rings (SSSR count). The summed E-state index contributed by atoms with van der Waals surface area (Å²) in [7, 11) is -0.526. The van der Waals surface area contributed by atoms with Crippen molar-refractivity contribution in [3.63, 3.8) is 0 Å². The Morgan fingerprint density at radius 2 is 1.88 bits per heavy atom. The molecule has 0 saturated heterocycles. The van der Waals surface area contributed by atoms with E-state index in [1.165, 1.54) is 5.56 Å². The third kappa shape index (κ3) is 9.05. The monoisotopic (exact) mass is 397 g/mol. The maximum absolute atomic E-state index is 11.4. The van der Waals surface area contributed by atoms with Crippen LogP contribution in [0.1, 0.15) is 50.2 Å². The van der Waals surface area contributed by atoms with Gasteiger partial charge in [-0.05, 0) is 44.0 Å². The van der Waals surface area contributed by atoms with Gasteiger partial charge in [0.15, 0.2) is 5.11 Å². The van der Waals surface area contributed by atoms with Crippen LogP contribution < -0.4 is 10.6 Å². The lowest BCUT2D eigenvalue weighted by atomic mass is 10.1. The Labute approximate surface area is 162 Å². The molecule has 0 unspecified atom stereocenters. The number of hydrogen-bond donors (Lipinski definition) is 2. The minimum Gasteiger partial charge on any atom is -0.365 e. The molecule has 0 bridgehead atoms. The molecular weight excluding hydrogens is 370 g/mol. The molecule has 1 fully saturated rings. The van der Waals surface area contributed by atoms with E-state index in [4.69, 9.17) is 12.2 Å². The van der Waals surface area contributed by atoms with Crippen LogP contribution in [0.3, 0.4) is 0 Å². The number of carbonyl (C=O) groups excluding carboxylic acids is 1. The van der Waals surface area contributed by atoms with Crippen LogP contribution >= 0.6 is 12.2 Å². The summed E-state index contributed by atoms with van der Waals surface area (Å²) in [4.78, 5) is 11.4. The first-order valence-corrected chi connectivity index (χ1v) is 10.1. The van der Waals surface area contributed by atoms with Gasteiger partial charge in [0.25, 0.3) is 0 Å². The molecule has 0 spiro atoms. The second kappa shape index (κ2) is 11.0. The van der Waals surface area contributed by atoms with Gasteiger partial charge >= 0.3 is 10.5 Å². The summed E-state index contributed by atoms with van der Waals surface area (Å²) in [5.74, 6) is -0.0989. The van der Waals surface area contributed by atoms with Gasteiger partial charge in [0.05, 0.1) is 12.0 Å². The van der Waals surface area contributed by atoms with Crippen LogP contribution in [0.2, 0.25) is 0 Å². The minimum absolute atomic E-state index is 0.0989. The number of nitrogens with one attached hydrogen (secondary N) is 2. The Morgan fingerprint density at radius 3 is 2.35 bits per heavy atom. The van der Waals surface area contributed by atoms with Crippen LogP contribution in [0.15, 0.2) is 28.6 Å². The molecule has 1 amide bonds. The molecule has 1 aliphatic rings. The van der Waals surface area contributed by atoms with E-state index in [1.807, 2.05) is 31.2 Å². The lowest BCUT2D eigenvalue weighted by Crippen LogP contribution is -2.37. The maximum Gasteiger partial charge on any atom is 0.311 e. The fourth-order valence-electron chi connectivity index (χ4n) is 2.32. The summed E-state index contributed by atoms with van der Waals surface area (Å²) >= 11 is 4.83. The number of carbonyl (C=O) groups is 1. The highest BCUT2D eigenvalue weighted by molar-refractivity contribution is 7.80. The van der Waals surface area contributed by atoms with Gasteiger partial charge in [-0.2, -0.15) is 12.8 Å². The topological polar surface area (TPSA) is 87.6 Å². The predicted octanol–water partition coefficient (Wildman–Crippen LogP) is 2.93. The number of unbranched alkanes of at least 4 members (excludes halogenated alkanes) is 1. The SMILES string of the molecule is CCCCC1(N=S(=O)=O)CC1.CNC(=S)NC(=O)Cc1ccc(C)cc1. The van der Waals surface area contributed by atoms with E-state index in [0.717, 1.165) is 37.7 Å². The van der Waals surface area contributed by atoms with Gasteiger partial charge in [0.2, 0.25) is 5.91 Å². The van der Waals surface area contributed by atoms with Crippen molar-refractivity contribution in [3.8, 4) is 0 Å². The number of rotatable bonds is 6. The molecule has 0 aliphatic heterocycles. The zero-order chi connectivity index (χ0) is 19.6. The molecule has 2 N–H and O–H groups in total. The van der Waals surface area contributed by atoms with Crippen molar-refractivity contribution >= 4 is 33.7 Å². The minimum atomic E-state index is -2.20. The van der Waals surface area contributed by atoms with Gasteiger partial charge in [-0.25, -0.2) is 0 Å². The van der Waals surface area contributed by atoms with Crippen LogP contribution in [0.4, 0.5) is 0 Å². The van der Waals surface area contributed by atoms with E-state index in [9.17, 15) is 13.2 Å². The van der Waals surface area contributed by atoms with E-state index in [0.29, 0.717) is 11.5 Å². The fraction of sp³-hybridized carbons (Fsp3) is 0.556. The number of amides is 1. The summed E-state index contributed by atoms with van der Waals surface area (Å²) in [6, 6.07) is 7.85. The van der Waals surface area contributed by atoms with Crippen LogP contribution in [-0.4, -0.2) is 32.0 Å². The smallest absolute Gasteiger partial charge is 0.311 e. The fourth-order valence-corrected chi connectivity index (χ4v) is 3.02. The third-order valence-electron chi connectivity index (χ3n) is 4.06. The average Bonchev–Trinajstić information content (AvgIpc) is 3.34. The summed E-state index contributed by atoms with van der Waals surface area (Å²) in [5.41, 5.74) is 2.00.